The van der Waals surface area contributed by atoms with Gasteiger partial charge in [-0.15, -0.1) is 0 Å². The highest BCUT2D eigenvalue weighted by Gasteiger charge is 2.14. The Bertz CT molecular complexity index is 1400. The highest BCUT2D eigenvalue weighted by atomic mass is 16.3. The van der Waals surface area contributed by atoms with Crippen molar-refractivity contribution in [3.63, 3.8) is 0 Å². The molecule has 0 spiro atoms. The number of hydrogen-bond acceptors (Lipinski definition) is 2. The Morgan fingerprint density at radius 1 is 0.862 bits per heavy atom. The minimum atomic E-state index is -0.327. The first-order chi connectivity index (χ1) is 14.2. The number of aromatic nitrogens is 1. The van der Waals surface area contributed by atoms with Crippen LogP contribution in [-0.4, -0.2) is 15.6 Å². The number of amides is 1. The lowest BCUT2D eigenvalue weighted by molar-refractivity contribution is 0.102. The van der Waals surface area contributed by atoms with Gasteiger partial charge in [-0.05, 0) is 54.1 Å². The van der Waals surface area contributed by atoms with Crippen molar-refractivity contribution in [1.82, 2.24) is 4.57 Å². The maximum absolute atomic E-state index is 12.9. The number of fused-ring (bicyclic) bond motifs is 4. The van der Waals surface area contributed by atoms with E-state index in [1.54, 1.807) is 12.1 Å². The number of anilines is 1. The molecule has 0 aliphatic rings. The fourth-order valence-electron chi connectivity index (χ4n) is 4.08. The van der Waals surface area contributed by atoms with Crippen LogP contribution in [0.25, 0.3) is 32.6 Å². The number of aryl methyl sites for hydroxylation is 1. The van der Waals surface area contributed by atoms with Gasteiger partial charge in [-0.25, -0.2) is 0 Å². The second kappa shape index (κ2) is 6.67. The van der Waals surface area contributed by atoms with Gasteiger partial charge in [0.05, 0.1) is 5.56 Å². The van der Waals surface area contributed by atoms with Crippen molar-refractivity contribution in [1.29, 1.82) is 0 Å². The van der Waals surface area contributed by atoms with Gasteiger partial charge in [0.2, 0.25) is 0 Å². The Balaban J connectivity index is 1.56. The molecule has 5 aromatic rings. The minimum Gasteiger partial charge on any atom is -0.507 e. The van der Waals surface area contributed by atoms with Gasteiger partial charge in [0.1, 0.15) is 5.75 Å². The molecule has 0 saturated carbocycles. The topological polar surface area (TPSA) is 54.3 Å². The summed E-state index contributed by atoms with van der Waals surface area (Å²) in [5.41, 5.74) is 3.29. The minimum absolute atomic E-state index is 0.0233. The Kier molecular flexibility index (Phi) is 3.98. The van der Waals surface area contributed by atoms with Crippen LogP contribution < -0.4 is 5.32 Å². The van der Waals surface area contributed by atoms with E-state index < -0.39 is 0 Å². The van der Waals surface area contributed by atoms with Crippen LogP contribution in [0.15, 0.2) is 78.9 Å². The number of nitrogens with one attached hydrogen (secondary N) is 1. The Morgan fingerprint density at radius 2 is 1.55 bits per heavy atom. The SMILES string of the molecule is CCn1c2ccccc2c2cc(NC(=O)c3cc4ccccc4cc3O)ccc21. The van der Waals surface area contributed by atoms with Crippen LogP contribution in [0.5, 0.6) is 5.75 Å². The first-order valence-corrected chi connectivity index (χ1v) is 9.70. The number of para-hydroxylation sites is 1. The molecule has 0 atom stereocenters. The lowest BCUT2D eigenvalue weighted by Gasteiger charge is -2.09. The highest BCUT2D eigenvalue weighted by molar-refractivity contribution is 6.12. The largest absolute Gasteiger partial charge is 0.507 e. The van der Waals surface area contributed by atoms with Crippen molar-refractivity contribution >= 4 is 44.2 Å². The van der Waals surface area contributed by atoms with E-state index in [0.717, 1.165) is 33.6 Å². The monoisotopic (exact) mass is 380 g/mol. The predicted octanol–water partition coefficient (Wildman–Crippen LogP) is 5.93. The van der Waals surface area contributed by atoms with Gasteiger partial charge < -0.3 is 15.0 Å². The third kappa shape index (κ3) is 2.81. The van der Waals surface area contributed by atoms with Crippen LogP contribution in [-0.2, 0) is 6.54 Å². The van der Waals surface area contributed by atoms with Gasteiger partial charge >= 0.3 is 0 Å². The maximum Gasteiger partial charge on any atom is 0.259 e. The average molecular weight is 380 g/mol. The Labute approximate surface area is 168 Å². The molecule has 1 heterocycles. The number of hydrogen-bond donors (Lipinski definition) is 2. The second-order valence-electron chi connectivity index (χ2n) is 7.16. The van der Waals surface area contributed by atoms with Crippen molar-refractivity contribution in [3.05, 3.63) is 84.4 Å². The molecular weight excluding hydrogens is 360 g/mol. The molecule has 2 N–H and O–H groups in total. The third-order valence-corrected chi connectivity index (χ3v) is 5.46. The summed E-state index contributed by atoms with van der Waals surface area (Å²) in [7, 11) is 0. The molecule has 4 aromatic carbocycles. The van der Waals surface area contributed by atoms with E-state index in [4.69, 9.17) is 0 Å². The second-order valence-corrected chi connectivity index (χ2v) is 7.16. The molecule has 0 bridgehead atoms. The van der Waals surface area contributed by atoms with Crippen molar-refractivity contribution in [2.45, 2.75) is 13.5 Å². The average Bonchev–Trinajstić information content (AvgIpc) is 3.06. The number of phenols is 1. The normalized spacial score (nSPS) is 11.3. The predicted molar refractivity (Wildman–Crippen MR) is 119 cm³/mol. The van der Waals surface area contributed by atoms with E-state index in [2.05, 4.69) is 28.9 Å². The molecule has 5 rings (SSSR count). The molecule has 0 radical (unpaired) electrons. The van der Waals surface area contributed by atoms with Crippen molar-refractivity contribution in [3.8, 4) is 5.75 Å². The summed E-state index contributed by atoms with van der Waals surface area (Å²) in [5, 5.41) is 17.4. The van der Waals surface area contributed by atoms with Gasteiger partial charge in [-0.3, -0.25) is 4.79 Å². The molecule has 1 amide bonds. The highest BCUT2D eigenvalue weighted by Crippen LogP contribution is 2.32. The summed E-state index contributed by atoms with van der Waals surface area (Å²) in [6, 6.07) is 25.2. The number of phenolic OH excluding ortho intramolecular Hbond substituents is 1. The molecule has 4 nitrogen and oxygen atoms in total. The lowest BCUT2D eigenvalue weighted by Crippen LogP contribution is -2.12. The van der Waals surface area contributed by atoms with Gasteiger partial charge in [0.25, 0.3) is 5.91 Å². The maximum atomic E-state index is 12.9. The van der Waals surface area contributed by atoms with E-state index in [9.17, 15) is 9.90 Å². The molecular formula is C25H20N2O2. The van der Waals surface area contributed by atoms with Crippen molar-refractivity contribution in [2.24, 2.45) is 0 Å². The summed E-state index contributed by atoms with van der Waals surface area (Å²) in [4.78, 5) is 12.9. The number of benzene rings is 4. The molecule has 0 aliphatic carbocycles. The summed E-state index contributed by atoms with van der Waals surface area (Å²) in [6.45, 7) is 3.00. The molecule has 1 aromatic heterocycles. The van der Waals surface area contributed by atoms with Crippen LogP contribution in [0.4, 0.5) is 5.69 Å². The van der Waals surface area contributed by atoms with E-state index in [1.165, 1.54) is 5.52 Å². The number of aromatic hydroxyl groups is 1. The zero-order chi connectivity index (χ0) is 20.0. The summed E-state index contributed by atoms with van der Waals surface area (Å²) < 4.78 is 2.27. The van der Waals surface area contributed by atoms with Crippen molar-refractivity contribution in [2.75, 3.05) is 5.32 Å². The van der Waals surface area contributed by atoms with Crippen LogP contribution in [0.2, 0.25) is 0 Å². The lowest BCUT2D eigenvalue weighted by atomic mass is 10.1. The van der Waals surface area contributed by atoms with Crippen molar-refractivity contribution < 1.29 is 9.90 Å². The van der Waals surface area contributed by atoms with E-state index in [0.29, 0.717) is 5.69 Å². The van der Waals surface area contributed by atoms with Gasteiger partial charge in [0.15, 0.2) is 0 Å². The van der Waals surface area contributed by atoms with E-state index in [1.807, 2.05) is 54.6 Å². The molecule has 4 heteroatoms. The fourth-order valence-corrected chi connectivity index (χ4v) is 4.08. The molecule has 0 unspecified atom stereocenters. The molecule has 0 fully saturated rings. The van der Waals surface area contributed by atoms with Gasteiger partial charge in [-0.2, -0.15) is 0 Å². The zero-order valence-electron chi connectivity index (χ0n) is 16.0. The van der Waals surface area contributed by atoms with E-state index >= 15 is 0 Å². The molecule has 29 heavy (non-hydrogen) atoms. The van der Waals surface area contributed by atoms with E-state index in [-0.39, 0.29) is 17.2 Å². The van der Waals surface area contributed by atoms with Crippen LogP contribution in [0.1, 0.15) is 17.3 Å². The number of carbonyl (C=O) groups excluding carboxylic acids is 1. The quantitative estimate of drug-likeness (QED) is 0.408. The van der Waals surface area contributed by atoms with Gasteiger partial charge in [-0.1, -0.05) is 42.5 Å². The molecule has 142 valence electrons. The van der Waals surface area contributed by atoms with Gasteiger partial charge in [0, 0.05) is 34.0 Å². The first-order valence-electron chi connectivity index (χ1n) is 9.70. The summed E-state index contributed by atoms with van der Waals surface area (Å²) in [5.74, 6) is -0.350. The third-order valence-electron chi connectivity index (χ3n) is 5.46. The van der Waals surface area contributed by atoms with Crippen LogP contribution in [0.3, 0.4) is 0 Å². The first kappa shape index (κ1) is 17.3. The Hall–Kier alpha value is -3.79. The van der Waals surface area contributed by atoms with Crippen LogP contribution in [0, 0.1) is 0 Å². The van der Waals surface area contributed by atoms with Crippen LogP contribution >= 0.6 is 0 Å². The summed E-state index contributed by atoms with van der Waals surface area (Å²) in [6.07, 6.45) is 0. The Morgan fingerprint density at radius 3 is 2.34 bits per heavy atom. The fraction of sp³-hybridized carbons (Fsp3) is 0.0800. The zero-order valence-corrected chi connectivity index (χ0v) is 16.0. The number of carbonyl (C=O) groups is 1. The smallest absolute Gasteiger partial charge is 0.259 e. The summed E-state index contributed by atoms with van der Waals surface area (Å²) >= 11 is 0. The molecule has 0 saturated heterocycles. The number of rotatable bonds is 3. The number of nitrogens with zero attached hydrogens (tertiary/aromatic N) is 1. The standard InChI is InChI=1S/C25H20N2O2/c1-2-27-22-10-6-5-9-19(22)20-15-18(11-12-23(20)27)26-25(29)21-13-16-7-3-4-8-17(16)14-24(21)28/h3-15,28H,2H2,1H3,(H,26,29). The molecule has 0 aliphatic heterocycles.